The van der Waals surface area contributed by atoms with Crippen LogP contribution in [-0.4, -0.2) is 93.4 Å². The Labute approximate surface area is 338 Å². The van der Waals surface area contributed by atoms with Crippen LogP contribution in [0.4, 0.5) is 4.79 Å². The lowest BCUT2D eigenvalue weighted by atomic mass is 10.00. The van der Waals surface area contributed by atoms with Crippen molar-refractivity contribution < 1.29 is 28.9 Å². The molecule has 2 fully saturated rings. The van der Waals surface area contributed by atoms with Gasteiger partial charge in [0.1, 0.15) is 23.7 Å². The summed E-state index contributed by atoms with van der Waals surface area (Å²) in [5.41, 5.74) is 8.25. The maximum Gasteiger partial charge on any atom is 0.407 e. The van der Waals surface area contributed by atoms with Gasteiger partial charge in [-0.1, -0.05) is 64.1 Å². The predicted octanol–water partition coefficient (Wildman–Crippen LogP) is 7.23. The van der Waals surface area contributed by atoms with Crippen molar-refractivity contribution in [1.29, 1.82) is 0 Å². The number of fused-ring (bicyclic) bond motifs is 2. The van der Waals surface area contributed by atoms with Gasteiger partial charge in [0, 0.05) is 13.1 Å². The fourth-order valence-corrected chi connectivity index (χ4v) is 8.24. The minimum absolute atomic E-state index is 0.00598. The Kier molecular flexibility index (Phi) is 12.4. The number of nitrogens with zero attached hydrogens (tertiary/aromatic N) is 5. The molecule has 3 aromatic carbocycles. The summed E-state index contributed by atoms with van der Waals surface area (Å²) in [4.78, 5) is 73.5. The number of rotatable bonds is 14. The first-order chi connectivity index (χ1) is 28.0. The Morgan fingerprint density at radius 1 is 0.776 bits per heavy atom. The number of aromatic nitrogens is 4. The third-order valence-corrected chi connectivity index (χ3v) is 11.4. The number of aromatic amines is 2. The number of likely N-dealkylation sites (tertiary alicyclic amines) is 2. The molecule has 58 heavy (non-hydrogen) atoms. The molecule has 0 unspecified atom stereocenters. The zero-order valence-electron chi connectivity index (χ0n) is 34.2. The van der Waals surface area contributed by atoms with E-state index in [0.29, 0.717) is 13.1 Å². The largest absolute Gasteiger partial charge is 0.453 e. The number of ether oxygens (including phenoxy) is 1. The number of carbonyl (C=O) groups is 3. The number of nitrogens with one attached hydrogen (secondary N) is 3. The zero-order chi connectivity index (χ0) is 40.9. The van der Waals surface area contributed by atoms with Gasteiger partial charge in [0.05, 0.1) is 48.4 Å². The molecule has 3 amide bonds. The van der Waals surface area contributed by atoms with Crippen LogP contribution in [0.15, 0.2) is 65.7 Å². The second-order valence-corrected chi connectivity index (χ2v) is 16.0. The minimum atomic E-state index is -0.674. The van der Waals surface area contributed by atoms with E-state index in [1.807, 2.05) is 49.6 Å². The quantitative estimate of drug-likeness (QED) is 0.0459. The average molecular weight is 791 g/mol. The van der Waals surface area contributed by atoms with Crippen molar-refractivity contribution in [1.82, 2.24) is 35.1 Å². The van der Waals surface area contributed by atoms with Gasteiger partial charge in [-0.2, -0.15) is 4.89 Å². The molecule has 0 spiro atoms. The molecule has 0 bridgehead atoms. The van der Waals surface area contributed by atoms with E-state index in [-0.39, 0.29) is 35.7 Å². The first-order valence-electron chi connectivity index (χ1n) is 20.3. The van der Waals surface area contributed by atoms with Crippen LogP contribution < -0.4 is 5.32 Å². The van der Waals surface area contributed by atoms with Crippen molar-refractivity contribution in [2.24, 2.45) is 16.8 Å². The summed E-state index contributed by atoms with van der Waals surface area (Å²) in [6, 6.07) is 19.7. The van der Waals surface area contributed by atoms with Crippen LogP contribution >= 0.6 is 0 Å². The molecule has 2 aliphatic heterocycles. The SMILES string of the molecule is COOC=N[C@H](C(=O)N1CCC[C@H]1c1nc2ccc(-c3ccc(CCc4ccc5nc([C@@H]6CCCN6C(=O)[C@@H](NC(=O)OC)C(C)C)[nH]c5c4)cc3)cc2[nH]1)C(C)C. The summed E-state index contributed by atoms with van der Waals surface area (Å²) >= 11 is 0. The van der Waals surface area contributed by atoms with Gasteiger partial charge in [-0.15, -0.1) is 0 Å². The summed E-state index contributed by atoms with van der Waals surface area (Å²) in [5, 5.41) is 2.71. The summed E-state index contributed by atoms with van der Waals surface area (Å²) in [6.45, 7) is 9.04. The van der Waals surface area contributed by atoms with Crippen molar-refractivity contribution in [3.63, 3.8) is 0 Å². The molecule has 2 aromatic heterocycles. The summed E-state index contributed by atoms with van der Waals surface area (Å²) in [6.07, 6.45) is 5.72. The second-order valence-electron chi connectivity index (χ2n) is 16.0. The van der Waals surface area contributed by atoms with Crippen LogP contribution in [-0.2, 0) is 36.9 Å². The molecular formula is C44H54N8O6. The molecule has 306 valence electrons. The predicted molar refractivity (Wildman–Crippen MR) is 222 cm³/mol. The summed E-state index contributed by atoms with van der Waals surface area (Å²) in [5.74, 6) is 1.30. The molecular weight excluding hydrogens is 737 g/mol. The maximum atomic E-state index is 13.6. The molecule has 0 saturated carbocycles. The van der Waals surface area contributed by atoms with Crippen molar-refractivity contribution >= 4 is 46.4 Å². The van der Waals surface area contributed by atoms with Crippen LogP contribution in [0.5, 0.6) is 0 Å². The van der Waals surface area contributed by atoms with Crippen molar-refractivity contribution in [3.8, 4) is 11.1 Å². The smallest absolute Gasteiger partial charge is 0.407 e. The van der Waals surface area contributed by atoms with Gasteiger partial charge in [-0.05, 0) is 96.9 Å². The number of aryl methyl sites for hydroxylation is 2. The van der Waals surface area contributed by atoms with E-state index in [1.54, 1.807) is 0 Å². The molecule has 7 rings (SSSR count). The number of hydrogen-bond donors (Lipinski definition) is 3. The topological polar surface area (TPSA) is 167 Å². The van der Waals surface area contributed by atoms with E-state index >= 15 is 0 Å². The highest BCUT2D eigenvalue weighted by Gasteiger charge is 2.38. The highest BCUT2D eigenvalue weighted by atomic mass is 17.2. The van der Waals surface area contributed by atoms with Gasteiger partial charge >= 0.3 is 6.09 Å². The van der Waals surface area contributed by atoms with Crippen LogP contribution in [0.3, 0.4) is 0 Å². The number of alkyl carbamates (subject to hydrolysis) is 1. The normalized spacial score (nSPS) is 18.2. The number of imidazole rings is 2. The zero-order valence-corrected chi connectivity index (χ0v) is 34.2. The number of hydrogen-bond acceptors (Lipinski definition) is 9. The number of amides is 3. The lowest BCUT2D eigenvalue weighted by Gasteiger charge is -2.29. The first kappa shape index (κ1) is 40.4. The van der Waals surface area contributed by atoms with Gasteiger partial charge in [0.15, 0.2) is 0 Å². The third kappa shape index (κ3) is 8.71. The van der Waals surface area contributed by atoms with Gasteiger partial charge in [-0.25, -0.2) is 19.8 Å². The monoisotopic (exact) mass is 790 g/mol. The van der Waals surface area contributed by atoms with E-state index in [4.69, 9.17) is 19.6 Å². The molecule has 4 heterocycles. The van der Waals surface area contributed by atoms with Gasteiger partial charge in [0.25, 0.3) is 0 Å². The van der Waals surface area contributed by atoms with E-state index in [9.17, 15) is 14.4 Å². The molecule has 2 aliphatic rings. The van der Waals surface area contributed by atoms with Crippen LogP contribution in [0.25, 0.3) is 33.2 Å². The first-order valence-corrected chi connectivity index (χ1v) is 20.3. The van der Waals surface area contributed by atoms with E-state index in [0.717, 1.165) is 83.4 Å². The molecule has 5 aromatic rings. The number of aliphatic imine (C=N–C) groups is 1. The Morgan fingerprint density at radius 2 is 1.34 bits per heavy atom. The van der Waals surface area contributed by atoms with Crippen molar-refractivity contribution in [3.05, 3.63) is 83.4 Å². The Hall–Kier alpha value is -5.76. The molecule has 0 aliphatic carbocycles. The number of benzene rings is 3. The molecule has 3 N–H and O–H groups in total. The number of methoxy groups -OCH3 is 1. The van der Waals surface area contributed by atoms with Crippen LogP contribution in [0.2, 0.25) is 0 Å². The molecule has 14 nitrogen and oxygen atoms in total. The average Bonchev–Trinajstić information content (AvgIpc) is 4.05. The van der Waals surface area contributed by atoms with E-state index in [1.165, 1.54) is 31.7 Å². The highest BCUT2D eigenvalue weighted by Crippen LogP contribution is 2.35. The van der Waals surface area contributed by atoms with Gasteiger partial charge in [-0.3, -0.25) is 9.59 Å². The summed E-state index contributed by atoms with van der Waals surface area (Å²) in [7, 11) is 2.70. The number of carbonyl (C=O) groups excluding carboxylic acids is 3. The number of H-pyrrole nitrogens is 2. The molecule has 4 atom stereocenters. The third-order valence-electron chi connectivity index (χ3n) is 11.4. The Morgan fingerprint density at radius 3 is 1.95 bits per heavy atom. The standard InChI is InChI=1S/C44H54N8O6/c1-26(2)38(45-25-58-57-6)42(53)51-21-7-9-36(51)41-47-33-20-18-31(24-35(33)49-41)30-16-13-28(14-17-30)11-12-29-15-19-32-34(23-29)48-40(46-32)37-10-8-22-52(37)43(54)39(27(3)4)50-44(55)56-5/h13-20,23-27,36-39H,7-12,21-22H2,1-6H3,(H,46,48)(H,47,49)(H,50,55)/t36-,37-,38-,39-/m0/s1. The maximum absolute atomic E-state index is 13.6. The van der Waals surface area contributed by atoms with Gasteiger partial charge in [0.2, 0.25) is 18.2 Å². The fourth-order valence-electron chi connectivity index (χ4n) is 8.24. The summed E-state index contributed by atoms with van der Waals surface area (Å²) < 4.78 is 4.77. The van der Waals surface area contributed by atoms with Crippen molar-refractivity contribution in [2.45, 2.75) is 90.4 Å². The lowest BCUT2D eigenvalue weighted by molar-refractivity contribution is -0.188. The lowest BCUT2D eigenvalue weighted by Crippen LogP contribution is -2.51. The molecule has 0 radical (unpaired) electrons. The van der Waals surface area contributed by atoms with Crippen LogP contribution in [0.1, 0.15) is 88.2 Å². The highest BCUT2D eigenvalue weighted by molar-refractivity contribution is 5.87. The van der Waals surface area contributed by atoms with Crippen molar-refractivity contribution in [2.75, 3.05) is 27.3 Å². The van der Waals surface area contributed by atoms with E-state index in [2.05, 4.69) is 73.7 Å². The minimum Gasteiger partial charge on any atom is -0.453 e. The van der Waals surface area contributed by atoms with Gasteiger partial charge < -0.3 is 34.7 Å². The van der Waals surface area contributed by atoms with Crippen LogP contribution in [0, 0.1) is 11.8 Å². The second kappa shape index (κ2) is 17.8. The fraction of sp³-hybridized carbons (Fsp3) is 0.455. The van der Waals surface area contributed by atoms with E-state index < -0.39 is 18.2 Å². The Bertz CT molecular complexity index is 2260. The molecule has 14 heteroatoms. The Balaban J connectivity index is 0.989. The molecule has 2 saturated heterocycles.